The molecule has 1 aromatic carbocycles. The molecule has 0 radical (unpaired) electrons. The summed E-state index contributed by atoms with van der Waals surface area (Å²) in [5, 5.41) is 14.3. The fraction of sp³-hybridized carbons (Fsp3) is 0.522. The van der Waals surface area contributed by atoms with Crippen molar-refractivity contribution in [3.05, 3.63) is 46.8 Å². The number of hydrogen-bond acceptors (Lipinski definition) is 5. The van der Waals surface area contributed by atoms with Crippen LogP contribution in [0.5, 0.6) is 0 Å². The van der Waals surface area contributed by atoms with E-state index in [0.29, 0.717) is 6.04 Å². The van der Waals surface area contributed by atoms with Crippen LogP contribution in [0, 0.1) is 13.8 Å². The van der Waals surface area contributed by atoms with Crippen LogP contribution in [0.4, 0.5) is 0 Å². The molecule has 0 amide bonds. The van der Waals surface area contributed by atoms with E-state index in [1.165, 1.54) is 31.2 Å². The highest BCUT2D eigenvalue weighted by molar-refractivity contribution is 7.98. The van der Waals surface area contributed by atoms with Crippen molar-refractivity contribution in [3.63, 3.8) is 0 Å². The van der Waals surface area contributed by atoms with Crippen LogP contribution in [0.2, 0.25) is 0 Å². The van der Waals surface area contributed by atoms with Crippen molar-refractivity contribution >= 4 is 11.8 Å². The zero-order valence-electron chi connectivity index (χ0n) is 18.0. The molecule has 29 heavy (non-hydrogen) atoms. The summed E-state index contributed by atoms with van der Waals surface area (Å²) in [5.74, 6) is 2.67. The summed E-state index contributed by atoms with van der Waals surface area (Å²) < 4.78 is 7.70. The second-order valence-corrected chi connectivity index (χ2v) is 9.98. The highest BCUT2D eigenvalue weighted by Gasteiger charge is 2.25. The van der Waals surface area contributed by atoms with Gasteiger partial charge < -0.3 is 4.52 Å². The second-order valence-electron chi connectivity index (χ2n) is 9.03. The second kappa shape index (κ2) is 7.98. The van der Waals surface area contributed by atoms with E-state index in [0.717, 1.165) is 39.3 Å². The van der Waals surface area contributed by atoms with E-state index in [2.05, 4.69) is 65.0 Å². The summed E-state index contributed by atoms with van der Waals surface area (Å²) in [6.45, 7) is 10.7. The van der Waals surface area contributed by atoms with Gasteiger partial charge >= 0.3 is 0 Å². The molecule has 0 aliphatic heterocycles. The average molecular weight is 411 g/mol. The Bertz CT molecular complexity index is 956. The van der Waals surface area contributed by atoms with Gasteiger partial charge in [-0.05, 0) is 37.7 Å². The van der Waals surface area contributed by atoms with Crippen molar-refractivity contribution < 1.29 is 4.52 Å². The number of hydrogen-bond donors (Lipinski definition) is 0. The third-order valence-corrected chi connectivity index (χ3v) is 6.86. The first-order chi connectivity index (χ1) is 13.8. The predicted molar refractivity (Wildman–Crippen MR) is 117 cm³/mol. The monoisotopic (exact) mass is 410 g/mol. The maximum atomic E-state index is 5.32. The van der Waals surface area contributed by atoms with Gasteiger partial charge in [0, 0.05) is 22.9 Å². The fourth-order valence-electron chi connectivity index (χ4n) is 4.03. The molecule has 3 aromatic rings. The van der Waals surface area contributed by atoms with Gasteiger partial charge in [-0.1, -0.05) is 74.8 Å². The maximum Gasteiger partial charge on any atom is 0.192 e. The molecule has 0 N–H and O–H groups in total. The first kappa shape index (κ1) is 20.2. The SMILES string of the molecule is Cc1noc(C)c1CSc1nnc(-c2ccc(C(C)(C)C)cc2)n1C1CCCC1. The van der Waals surface area contributed by atoms with Crippen LogP contribution in [-0.4, -0.2) is 19.9 Å². The summed E-state index contributed by atoms with van der Waals surface area (Å²) in [6, 6.07) is 9.31. The molecule has 0 bridgehead atoms. The zero-order chi connectivity index (χ0) is 20.6. The fourth-order valence-corrected chi connectivity index (χ4v) is 5.19. The average Bonchev–Trinajstić information content (AvgIpc) is 3.40. The molecule has 6 heteroatoms. The van der Waals surface area contributed by atoms with Gasteiger partial charge in [-0.2, -0.15) is 0 Å². The van der Waals surface area contributed by atoms with E-state index in [9.17, 15) is 0 Å². The van der Waals surface area contributed by atoms with Gasteiger partial charge in [0.1, 0.15) is 5.76 Å². The molecule has 1 aliphatic carbocycles. The van der Waals surface area contributed by atoms with Crippen molar-refractivity contribution in [3.8, 4) is 11.4 Å². The zero-order valence-corrected chi connectivity index (χ0v) is 18.8. The van der Waals surface area contributed by atoms with E-state index >= 15 is 0 Å². The van der Waals surface area contributed by atoms with Crippen LogP contribution in [0.15, 0.2) is 33.9 Å². The highest BCUT2D eigenvalue weighted by atomic mass is 32.2. The van der Waals surface area contributed by atoms with Gasteiger partial charge in [-0.3, -0.25) is 4.57 Å². The Morgan fingerprint density at radius 2 is 1.76 bits per heavy atom. The molecule has 2 heterocycles. The van der Waals surface area contributed by atoms with Crippen LogP contribution in [0.1, 0.15) is 75.1 Å². The molecular weight excluding hydrogens is 380 g/mol. The van der Waals surface area contributed by atoms with Gasteiger partial charge in [0.25, 0.3) is 0 Å². The Kier molecular flexibility index (Phi) is 5.56. The maximum absolute atomic E-state index is 5.32. The van der Waals surface area contributed by atoms with Gasteiger partial charge in [-0.15, -0.1) is 10.2 Å². The number of thioether (sulfide) groups is 1. The van der Waals surface area contributed by atoms with Crippen molar-refractivity contribution in [2.75, 3.05) is 0 Å². The number of nitrogens with zero attached hydrogens (tertiary/aromatic N) is 4. The van der Waals surface area contributed by atoms with Crippen LogP contribution < -0.4 is 0 Å². The van der Waals surface area contributed by atoms with E-state index in [1.54, 1.807) is 11.8 Å². The minimum Gasteiger partial charge on any atom is -0.361 e. The minimum absolute atomic E-state index is 0.146. The molecule has 4 rings (SSSR count). The van der Waals surface area contributed by atoms with Crippen molar-refractivity contribution in [1.29, 1.82) is 0 Å². The van der Waals surface area contributed by atoms with E-state index < -0.39 is 0 Å². The summed E-state index contributed by atoms with van der Waals surface area (Å²) >= 11 is 1.73. The first-order valence-corrected chi connectivity index (χ1v) is 11.4. The normalized spacial score (nSPS) is 15.3. The molecule has 1 aliphatic rings. The predicted octanol–water partition coefficient (Wildman–Crippen LogP) is 6.25. The first-order valence-electron chi connectivity index (χ1n) is 10.4. The van der Waals surface area contributed by atoms with Gasteiger partial charge in [-0.25, -0.2) is 0 Å². The molecule has 0 unspecified atom stereocenters. The van der Waals surface area contributed by atoms with Crippen LogP contribution in [0.3, 0.4) is 0 Å². The van der Waals surface area contributed by atoms with E-state index in [1.807, 2.05) is 13.8 Å². The Morgan fingerprint density at radius 1 is 1.07 bits per heavy atom. The molecule has 154 valence electrons. The van der Waals surface area contributed by atoms with Crippen molar-refractivity contribution in [2.45, 2.75) is 82.7 Å². The van der Waals surface area contributed by atoms with Gasteiger partial charge in [0.2, 0.25) is 0 Å². The van der Waals surface area contributed by atoms with E-state index in [-0.39, 0.29) is 5.41 Å². The lowest BCUT2D eigenvalue weighted by molar-refractivity contribution is 0.392. The minimum atomic E-state index is 0.146. The number of aryl methyl sites for hydroxylation is 2. The summed E-state index contributed by atoms with van der Waals surface area (Å²) in [6.07, 6.45) is 4.95. The Balaban J connectivity index is 1.66. The summed E-state index contributed by atoms with van der Waals surface area (Å²) in [4.78, 5) is 0. The van der Waals surface area contributed by atoms with Gasteiger partial charge in [0.05, 0.1) is 5.69 Å². The number of rotatable bonds is 5. The lowest BCUT2D eigenvalue weighted by atomic mass is 9.86. The Morgan fingerprint density at radius 3 is 2.34 bits per heavy atom. The summed E-state index contributed by atoms with van der Waals surface area (Å²) in [5.41, 5.74) is 4.74. The van der Waals surface area contributed by atoms with Crippen molar-refractivity contribution in [1.82, 2.24) is 19.9 Å². The third-order valence-electron chi connectivity index (χ3n) is 5.89. The molecular formula is C23H30N4OS. The lowest BCUT2D eigenvalue weighted by Gasteiger charge is -2.20. The van der Waals surface area contributed by atoms with Crippen LogP contribution in [-0.2, 0) is 11.2 Å². The van der Waals surface area contributed by atoms with Crippen LogP contribution in [0.25, 0.3) is 11.4 Å². The largest absolute Gasteiger partial charge is 0.361 e. The smallest absolute Gasteiger partial charge is 0.192 e. The Labute approximate surface area is 177 Å². The molecule has 1 saturated carbocycles. The van der Waals surface area contributed by atoms with E-state index in [4.69, 9.17) is 4.52 Å². The van der Waals surface area contributed by atoms with Crippen LogP contribution >= 0.6 is 11.8 Å². The quantitative estimate of drug-likeness (QED) is 0.465. The molecule has 0 atom stereocenters. The molecule has 0 saturated heterocycles. The molecule has 0 spiro atoms. The number of aromatic nitrogens is 4. The standard InChI is InChI=1S/C23H30N4OS/c1-15-20(16(2)28-26-15)14-29-22-25-24-21(27(22)19-8-6-7-9-19)17-10-12-18(13-11-17)23(3,4)5/h10-13,19H,6-9,14H2,1-5H3. The third kappa shape index (κ3) is 4.13. The molecule has 2 aromatic heterocycles. The molecule has 1 fully saturated rings. The topological polar surface area (TPSA) is 56.7 Å². The highest BCUT2D eigenvalue weighted by Crippen LogP contribution is 2.38. The Hall–Kier alpha value is -2.08. The lowest BCUT2D eigenvalue weighted by Crippen LogP contribution is -2.11. The van der Waals surface area contributed by atoms with Gasteiger partial charge in [0.15, 0.2) is 11.0 Å². The number of benzene rings is 1. The molecule has 5 nitrogen and oxygen atoms in total. The summed E-state index contributed by atoms with van der Waals surface area (Å²) in [7, 11) is 0. The van der Waals surface area contributed by atoms with Crippen molar-refractivity contribution in [2.24, 2.45) is 0 Å².